The maximum Gasteiger partial charge on any atom is 0.331 e. The molecule has 0 saturated carbocycles. The highest BCUT2D eigenvalue weighted by Crippen LogP contribution is 2.24. The van der Waals surface area contributed by atoms with Gasteiger partial charge in [0, 0.05) is 11.1 Å². The highest BCUT2D eigenvalue weighted by molar-refractivity contribution is 5.86. The van der Waals surface area contributed by atoms with Gasteiger partial charge < -0.3 is 25.5 Å². The number of phenolic OH excluding ortho intramolecular Hbond substituents is 2. The van der Waals surface area contributed by atoms with Gasteiger partial charge in [0.05, 0.1) is 11.7 Å². The number of aliphatic hydroxyl groups excluding tert-OH is 1. The van der Waals surface area contributed by atoms with E-state index in [0.29, 0.717) is 31.2 Å². The fraction of sp³-hybridized carbons (Fsp3) is 0.476. The van der Waals surface area contributed by atoms with Crippen molar-refractivity contribution in [3.05, 3.63) is 47.1 Å². The summed E-state index contributed by atoms with van der Waals surface area (Å²) in [5.41, 5.74) is 0.574. The SMILES string of the molecule is C/C(=C\CC/C(=C/Cc1cc(O)ccc1O)C(=O)O)CC[C@@H](O)C(C)(C)O. The average Bonchev–Trinajstić information content (AvgIpc) is 2.57. The van der Waals surface area contributed by atoms with E-state index in [9.17, 15) is 30.3 Å². The maximum atomic E-state index is 11.4. The molecule has 0 aliphatic rings. The molecule has 0 aliphatic heterocycles. The van der Waals surface area contributed by atoms with Gasteiger partial charge in [-0.2, -0.15) is 0 Å². The highest BCUT2D eigenvalue weighted by Gasteiger charge is 2.23. The Hall–Kier alpha value is -2.31. The van der Waals surface area contributed by atoms with E-state index in [4.69, 9.17) is 0 Å². The Morgan fingerprint density at radius 1 is 1.19 bits per heavy atom. The normalized spacial score (nSPS) is 14.3. The van der Waals surface area contributed by atoms with Crippen LogP contribution in [0.3, 0.4) is 0 Å². The molecule has 6 nitrogen and oxygen atoms in total. The van der Waals surface area contributed by atoms with E-state index in [1.165, 1.54) is 24.3 Å². The molecule has 1 aromatic rings. The molecule has 0 aromatic heterocycles. The number of aliphatic hydroxyl groups is 2. The minimum absolute atomic E-state index is 0.00916. The molecule has 0 heterocycles. The Balaban J connectivity index is 2.62. The van der Waals surface area contributed by atoms with E-state index in [1.54, 1.807) is 13.8 Å². The predicted molar refractivity (Wildman–Crippen MR) is 104 cm³/mol. The molecule has 0 bridgehead atoms. The number of allylic oxidation sites excluding steroid dienone is 3. The standard InChI is InChI=1S/C21H30O6/c1-14(7-12-19(24)21(2,3)27)5-4-6-15(20(25)26)8-9-16-13-17(22)10-11-18(16)23/h5,8,10-11,13,19,22-24,27H,4,6-7,9,12H2,1-3H3,(H,25,26)/b14-5+,15-8-/t19-/m1/s1. The molecular formula is C21H30O6. The Morgan fingerprint density at radius 2 is 1.85 bits per heavy atom. The van der Waals surface area contributed by atoms with Gasteiger partial charge in [-0.05, 0) is 71.1 Å². The van der Waals surface area contributed by atoms with Gasteiger partial charge in [0.1, 0.15) is 11.5 Å². The van der Waals surface area contributed by atoms with E-state index in [0.717, 1.165) is 5.57 Å². The number of carbonyl (C=O) groups is 1. The van der Waals surface area contributed by atoms with Crippen LogP contribution in [0.1, 0.15) is 52.0 Å². The minimum Gasteiger partial charge on any atom is -0.508 e. The zero-order chi connectivity index (χ0) is 20.6. The molecule has 1 aromatic carbocycles. The summed E-state index contributed by atoms with van der Waals surface area (Å²) in [7, 11) is 0. The van der Waals surface area contributed by atoms with Crippen LogP contribution in [0.25, 0.3) is 0 Å². The lowest BCUT2D eigenvalue weighted by molar-refractivity contribution is -0.132. The van der Waals surface area contributed by atoms with E-state index in [2.05, 4.69) is 0 Å². The molecule has 27 heavy (non-hydrogen) atoms. The summed E-state index contributed by atoms with van der Waals surface area (Å²) in [5, 5.41) is 48.1. The van der Waals surface area contributed by atoms with Gasteiger partial charge in [-0.25, -0.2) is 4.79 Å². The van der Waals surface area contributed by atoms with Crippen LogP contribution >= 0.6 is 0 Å². The lowest BCUT2D eigenvalue weighted by atomic mass is 9.95. The van der Waals surface area contributed by atoms with Gasteiger partial charge in [0.2, 0.25) is 0 Å². The highest BCUT2D eigenvalue weighted by atomic mass is 16.4. The van der Waals surface area contributed by atoms with Crippen LogP contribution < -0.4 is 0 Å². The molecule has 0 fully saturated rings. The minimum atomic E-state index is -1.14. The first kappa shape index (κ1) is 22.7. The number of aromatic hydroxyl groups is 2. The Labute approximate surface area is 160 Å². The summed E-state index contributed by atoms with van der Waals surface area (Å²) in [5.74, 6) is -0.993. The van der Waals surface area contributed by atoms with Crippen molar-refractivity contribution in [2.45, 2.75) is 64.6 Å². The number of carboxylic acid groups (broad SMARTS) is 1. The van der Waals surface area contributed by atoms with E-state index in [1.807, 2.05) is 13.0 Å². The third-order valence-electron chi connectivity index (χ3n) is 4.44. The second kappa shape index (κ2) is 10.1. The number of rotatable bonds is 10. The van der Waals surface area contributed by atoms with Gasteiger partial charge in [-0.1, -0.05) is 17.7 Å². The van der Waals surface area contributed by atoms with Crippen LogP contribution in [0.5, 0.6) is 11.5 Å². The second-order valence-corrected chi connectivity index (χ2v) is 7.35. The summed E-state index contributed by atoms with van der Waals surface area (Å²) in [4.78, 5) is 11.4. The first-order chi connectivity index (χ1) is 12.5. The Bertz CT molecular complexity index is 697. The van der Waals surface area contributed by atoms with Crippen molar-refractivity contribution in [2.24, 2.45) is 0 Å². The number of benzene rings is 1. The topological polar surface area (TPSA) is 118 Å². The summed E-state index contributed by atoms with van der Waals surface area (Å²) in [6.07, 6.45) is 4.79. The third-order valence-corrected chi connectivity index (χ3v) is 4.44. The Kier molecular flexibility index (Phi) is 8.53. The van der Waals surface area contributed by atoms with Crippen LogP contribution in [-0.2, 0) is 11.2 Å². The average molecular weight is 378 g/mol. The largest absolute Gasteiger partial charge is 0.508 e. The molecule has 1 rings (SSSR count). The first-order valence-corrected chi connectivity index (χ1v) is 9.00. The summed E-state index contributed by atoms with van der Waals surface area (Å²) in [6.45, 7) is 5.03. The zero-order valence-electron chi connectivity index (χ0n) is 16.1. The van der Waals surface area contributed by atoms with E-state index >= 15 is 0 Å². The molecule has 0 saturated heterocycles. The maximum absolute atomic E-state index is 11.4. The number of hydrogen-bond donors (Lipinski definition) is 5. The smallest absolute Gasteiger partial charge is 0.331 e. The lowest BCUT2D eigenvalue weighted by Gasteiger charge is -2.24. The molecule has 0 radical (unpaired) electrons. The molecule has 6 heteroatoms. The van der Waals surface area contributed by atoms with Gasteiger partial charge in [-0.15, -0.1) is 0 Å². The molecule has 0 amide bonds. The summed E-state index contributed by atoms with van der Waals surface area (Å²) < 4.78 is 0. The van der Waals surface area contributed by atoms with Crippen molar-refractivity contribution in [2.75, 3.05) is 0 Å². The van der Waals surface area contributed by atoms with E-state index in [-0.39, 0.29) is 23.5 Å². The quantitative estimate of drug-likeness (QED) is 0.242. The summed E-state index contributed by atoms with van der Waals surface area (Å²) in [6, 6.07) is 4.14. The van der Waals surface area contributed by atoms with Crippen molar-refractivity contribution >= 4 is 5.97 Å². The lowest BCUT2D eigenvalue weighted by Crippen LogP contribution is -2.35. The van der Waals surface area contributed by atoms with Crippen molar-refractivity contribution in [1.29, 1.82) is 0 Å². The fourth-order valence-corrected chi connectivity index (χ4v) is 2.56. The molecule has 0 spiro atoms. The van der Waals surface area contributed by atoms with Gasteiger partial charge in [0.15, 0.2) is 0 Å². The van der Waals surface area contributed by atoms with Crippen molar-refractivity contribution in [3.63, 3.8) is 0 Å². The second-order valence-electron chi connectivity index (χ2n) is 7.35. The first-order valence-electron chi connectivity index (χ1n) is 9.00. The third kappa shape index (κ3) is 8.28. The fourth-order valence-electron chi connectivity index (χ4n) is 2.56. The van der Waals surface area contributed by atoms with Crippen LogP contribution in [0.2, 0.25) is 0 Å². The summed E-state index contributed by atoms with van der Waals surface area (Å²) >= 11 is 0. The van der Waals surface area contributed by atoms with E-state index < -0.39 is 17.7 Å². The number of aliphatic carboxylic acids is 1. The van der Waals surface area contributed by atoms with Crippen LogP contribution in [0, 0.1) is 0 Å². The monoisotopic (exact) mass is 378 g/mol. The number of phenols is 2. The number of carboxylic acids is 1. The van der Waals surface area contributed by atoms with Crippen molar-refractivity contribution in [3.8, 4) is 11.5 Å². The van der Waals surface area contributed by atoms with Crippen LogP contribution in [-0.4, -0.2) is 43.2 Å². The zero-order valence-corrected chi connectivity index (χ0v) is 16.1. The van der Waals surface area contributed by atoms with Crippen LogP contribution in [0.4, 0.5) is 0 Å². The van der Waals surface area contributed by atoms with Gasteiger partial charge >= 0.3 is 5.97 Å². The van der Waals surface area contributed by atoms with Crippen molar-refractivity contribution < 1.29 is 30.3 Å². The number of hydrogen-bond acceptors (Lipinski definition) is 5. The van der Waals surface area contributed by atoms with Crippen LogP contribution in [0.15, 0.2) is 41.5 Å². The molecule has 5 N–H and O–H groups in total. The predicted octanol–water partition coefficient (Wildman–Crippen LogP) is 3.29. The molecular weight excluding hydrogens is 348 g/mol. The molecule has 150 valence electrons. The van der Waals surface area contributed by atoms with Gasteiger partial charge in [0.25, 0.3) is 0 Å². The van der Waals surface area contributed by atoms with Gasteiger partial charge in [-0.3, -0.25) is 0 Å². The Morgan fingerprint density at radius 3 is 2.44 bits per heavy atom. The molecule has 0 aliphatic carbocycles. The molecule has 0 unspecified atom stereocenters. The molecule has 1 atom stereocenters. The van der Waals surface area contributed by atoms with Crippen molar-refractivity contribution in [1.82, 2.24) is 0 Å².